The molecule has 1 atom stereocenters. The van der Waals surface area contributed by atoms with Gasteiger partial charge in [-0.2, -0.15) is 0 Å². The highest BCUT2D eigenvalue weighted by atomic mass is 16.5. The van der Waals surface area contributed by atoms with E-state index in [0.29, 0.717) is 19.0 Å². The molecule has 2 amide bonds. The lowest BCUT2D eigenvalue weighted by Gasteiger charge is -2.25. The molecule has 0 spiro atoms. The van der Waals surface area contributed by atoms with Gasteiger partial charge in [0.25, 0.3) is 0 Å². The smallest absolute Gasteiger partial charge is 0.317 e. The molecule has 1 aliphatic heterocycles. The summed E-state index contributed by atoms with van der Waals surface area (Å²) in [5.41, 5.74) is 1.11. The molecule has 0 radical (unpaired) electrons. The first kappa shape index (κ1) is 17.0. The minimum absolute atomic E-state index is 0.0406. The number of nitrogens with one attached hydrogen (secondary N) is 2. The Labute approximate surface area is 147 Å². The van der Waals surface area contributed by atoms with Crippen LogP contribution in [0.15, 0.2) is 42.7 Å². The van der Waals surface area contributed by atoms with E-state index in [9.17, 15) is 4.79 Å². The number of ether oxygens (including phenoxy) is 1. The van der Waals surface area contributed by atoms with Gasteiger partial charge in [0.05, 0.1) is 13.2 Å². The first-order chi connectivity index (χ1) is 12.3. The maximum absolute atomic E-state index is 12.5. The van der Waals surface area contributed by atoms with E-state index in [4.69, 9.17) is 4.74 Å². The molecule has 2 N–H and O–H groups in total. The van der Waals surface area contributed by atoms with Crippen LogP contribution < -0.4 is 15.4 Å². The van der Waals surface area contributed by atoms with Gasteiger partial charge in [-0.3, -0.25) is 0 Å². The average molecular weight is 341 g/mol. The Morgan fingerprint density at radius 3 is 2.92 bits per heavy atom. The third-order valence-electron chi connectivity index (χ3n) is 4.24. The number of aromatic nitrogens is 2. The largest absolute Gasteiger partial charge is 0.497 e. The van der Waals surface area contributed by atoms with E-state index in [1.54, 1.807) is 25.6 Å². The number of methoxy groups -OCH3 is 1. The molecule has 1 aromatic heterocycles. The van der Waals surface area contributed by atoms with Gasteiger partial charge in [-0.15, -0.1) is 0 Å². The van der Waals surface area contributed by atoms with Gasteiger partial charge < -0.3 is 20.3 Å². The maximum atomic E-state index is 12.5. The fourth-order valence-corrected chi connectivity index (χ4v) is 3.04. The highest BCUT2D eigenvalue weighted by molar-refractivity contribution is 5.75. The first-order valence-corrected chi connectivity index (χ1v) is 8.47. The number of urea groups is 1. The number of nitrogens with zero attached hydrogens (tertiary/aromatic N) is 3. The minimum atomic E-state index is -0.0406. The van der Waals surface area contributed by atoms with Crippen molar-refractivity contribution < 1.29 is 9.53 Å². The van der Waals surface area contributed by atoms with Gasteiger partial charge in [0.1, 0.15) is 5.75 Å². The normalized spacial score (nSPS) is 16.5. The van der Waals surface area contributed by atoms with Crippen molar-refractivity contribution in [2.75, 3.05) is 32.1 Å². The van der Waals surface area contributed by atoms with Gasteiger partial charge in [-0.05, 0) is 36.6 Å². The molecule has 1 unspecified atom stereocenters. The number of hydrogen-bond donors (Lipinski definition) is 2. The van der Waals surface area contributed by atoms with Crippen molar-refractivity contribution in [2.24, 2.45) is 0 Å². The fourth-order valence-electron chi connectivity index (χ4n) is 3.04. The SMILES string of the molecule is COc1cccc(C2CCCN2C(=O)NCCNc2ncccn2)c1. The van der Waals surface area contributed by atoms with Gasteiger partial charge in [0.15, 0.2) is 0 Å². The zero-order valence-corrected chi connectivity index (χ0v) is 14.3. The second-order valence-corrected chi connectivity index (χ2v) is 5.86. The fraction of sp³-hybridized carbons (Fsp3) is 0.389. The Morgan fingerprint density at radius 2 is 2.12 bits per heavy atom. The summed E-state index contributed by atoms with van der Waals surface area (Å²) in [6.45, 7) is 1.86. The van der Waals surface area contributed by atoms with Crippen molar-refractivity contribution in [1.82, 2.24) is 20.2 Å². The summed E-state index contributed by atoms with van der Waals surface area (Å²) < 4.78 is 5.29. The van der Waals surface area contributed by atoms with E-state index < -0.39 is 0 Å². The monoisotopic (exact) mass is 341 g/mol. The van der Waals surface area contributed by atoms with Crippen LogP contribution in [0.1, 0.15) is 24.4 Å². The van der Waals surface area contributed by atoms with Crippen molar-refractivity contribution in [2.45, 2.75) is 18.9 Å². The maximum Gasteiger partial charge on any atom is 0.317 e. The van der Waals surface area contributed by atoms with Gasteiger partial charge >= 0.3 is 6.03 Å². The summed E-state index contributed by atoms with van der Waals surface area (Å²) >= 11 is 0. The molecule has 1 aromatic carbocycles. The van der Waals surface area contributed by atoms with Crippen molar-refractivity contribution >= 4 is 12.0 Å². The summed E-state index contributed by atoms with van der Waals surface area (Å²) in [5, 5.41) is 6.04. The van der Waals surface area contributed by atoms with Crippen LogP contribution >= 0.6 is 0 Å². The lowest BCUT2D eigenvalue weighted by molar-refractivity contribution is 0.193. The van der Waals surface area contributed by atoms with Crippen LogP contribution in [0, 0.1) is 0 Å². The number of carbonyl (C=O) groups is 1. The number of rotatable bonds is 6. The third-order valence-corrected chi connectivity index (χ3v) is 4.24. The van der Waals surface area contributed by atoms with Gasteiger partial charge in [0, 0.05) is 32.0 Å². The van der Waals surface area contributed by atoms with E-state index in [0.717, 1.165) is 30.7 Å². The number of amides is 2. The molecule has 1 fully saturated rings. The quantitative estimate of drug-likeness (QED) is 0.789. The topological polar surface area (TPSA) is 79.4 Å². The van der Waals surface area contributed by atoms with Crippen LogP contribution in [0.4, 0.5) is 10.7 Å². The molecule has 25 heavy (non-hydrogen) atoms. The predicted molar refractivity (Wildman–Crippen MR) is 95.6 cm³/mol. The van der Waals surface area contributed by atoms with Gasteiger partial charge in [-0.1, -0.05) is 12.1 Å². The Kier molecular flexibility index (Phi) is 5.66. The summed E-state index contributed by atoms with van der Waals surface area (Å²) in [6.07, 6.45) is 5.33. The number of anilines is 1. The molecule has 0 saturated carbocycles. The molecule has 0 aliphatic carbocycles. The van der Waals surface area contributed by atoms with E-state index >= 15 is 0 Å². The van der Waals surface area contributed by atoms with Crippen LogP contribution in [0.2, 0.25) is 0 Å². The number of carbonyl (C=O) groups excluding carboxylic acids is 1. The van der Waals surface area contributed by atoms with Crippen molar-refractivity contribution in [3.8, 4) is 5.75 Å². The van der Waals surface area contributed by atoms with E-state index in [1.165, 1.54) is 0 Å². The lowest BCUT2D eigenvalue weighted by atomic mass is 10.0. The lowest BCUT2D eigenvalue weighted by Crippen LogP contribution is -2.41. The first-order valence-electron chi connectivity index (χ1n) is 8.47. The number of benzene rings is 1. The summed E-state index contributed by atoms with van der Waals surface area (Å²) in [5.74, 6) is 1.38. The van der Waals surface area contributed by atoms with Crippen molar-refractivity contribution in [3.05, 3.63) is 48.3 Å². The van der Waals surface area contributed by atoms with Crippen LogP contribution in [-0.4, -0.2) is 47.6 Å². The Bertz CT molecular complexity index is 695. The Morgan fingerprint density at radius 1 is 1.28 bits per heavy atom. The molecule has 7 heteroatoms. The third kappa shape index (κ3) is 4.37. The van der Waals surface area contributed by atoms with Crippen LogP contribution in [0.5, 0.6) is 5.75 Å². The molecule has 7 nitrogen and oxygen atoms in total. The van der Waals surface area contributed by atoms with Gasteiger partial charge in [-0.25, -0.2) is 14.8 Å². The van der Waals surface area contributed by atoms with Crippen LogP contribution in [0.25, 0.3) is 0 Å². The highest BCUT2D eigenvalue weighted by Crippen LogP contribution is 2.33. The minimum Gasteiger partial charge on any atom is -0.497 e. The molecule has 0 bridgehead atoms. The van der Waals surface area contributed by atoms with Crippen LogP contribution in [-0.2, 0) is 0 Å². The Balaban J connectivity index is 1.52. The highest BCUT2D eigenvalue weighted by Gasteiger charge is 2.29. The van der Waals surface area contributed by atoms with Gasteiger partial charge in [0.2, 0.25) is 5.95 Å². The molecular formula is C18H23N5O2. The van der Waals surface area contributed by atoms with E-state index in [1.807, 2.05) is 29.2 Å². The molecule has 132 valence electrons. The molecule has 3 rings (SSSR count). The average Bonchev–Trinajstić information content (AvgIpc) is 3.16. The second-order valence-electron chi connectivity index (χ2n) is 5.86. The summed E-state index contributed by atoms with van der Waals surface area (Å²) in [4.78, 5) is 22.6. The summed E-state index contributed by atoms with van der Waals surface area (Å²) in [6, 6.07) is 9.75. The molecule has 1 aliphatic rings. The van der Waals surface area contributed by atoms with Crippen LogP contribution in [0.3, 0.4) is 0 Å². The molecule has 1 saturated heterocycles. The molecular weight excluding hydrogens is 318 g/mol. The number of likely N-dealkylation sites (tertiary alicyclic amines) is 1. The van der Waals surface area contributed by atoms with E-state index in [2.05, 4.69) is 20.6 Å². The standard InChI is InChI=1S/C18H23N5O2/c1-25-15-6-2-5-14(13-15)16-7-3-12-23(16)18(24)22-11-10-21-17-19-8-4-9-20-17/h2,4-6,8-9,13,16H,3,7,10-12H2,1H3,(H,22,24)(H,19,20,21). The summed E-state index contributed by atoms with van der Waals surface area (Å²) in [7, 11) is 1.65. The zero-order valence-electron chi connectivity index (χ0n) is 14.3. The van der Waals surface area contributed by atoms with Crippen molar-refractivity contribution in [1.29, 1.82) is 0 Å². The van der Waals surface area contributed by atoms with E-state index in [-0.39, 0.29) is 12.1 Å². The zero-order chi connectivity index (χ0) is 17.5. The number of hydrogen-bond acceptors (Lipinski definition) is 5. The molecule has 2 aromatic rings. The Hall–Kier alpha value is -2.83. The predicted octanol–water partition coefficient (Wildman–Crippen LogP) is 2.44. The molecule has 2 heterocycles. The second kappa shape index (κ2) is 8.32. The van der Waals surface area contributed by atoms with Crippen molar-refractivity contribution in [3.63, 3.8) is 0 Å².